The van der Waals surface area contributed by atoms with Gasteiger partial charge in [0.25, 0.3) is 0 Å². The van der Waals surface area contributed by atoms with E-state index in [1.807, 2.05) is 18.2 Å². The van der Waals surface area contributed by atoms with Crippen molar-refractivity contribution in [3.63, 3.8) is 0 Å². The van der Waals surface area contributed by atoms with Crippen LogP contribution < -0.4 is 10.2 Å². The van der Waals surface area contributed by atoms with E-state index in [1.54, 1.807) is 18.6 Å². The third-order valence-corrected chi connectivity index (χ3v) is 6.56. The van der Waals surface area contributed by atoms with Crippen LogP contribution in [-0.4, -0.2) is 74.3 Å². The average molecular weight is 486 g/mol. The molecule has 36 heavy (non-hydrogen) atoms. The van der Waals surface area contributed by atoms with E-state index in [2.05, 4.69) is 61.2 Å². The van der Waals surface area contributed by atoms with Crippen molar-refractivity contribution < 1.29 is 4.39 Å². The second kappa shape index (κ2) is 8.87. The van der Waals surface area contributed by atoms with Gasteiger partial charge in [0, 0.05) is 73.4 Å². The van der Waals surface area contributed by atoms with E-state index in [-0.39, 0.29) is 11.9 Å². The first-order valence-electron chi connectivity index (χ1n) is 12.1. The van der Waals surface area contributed by atoms with Crippen LogP contribution in [0.3, 0.4) is 0 Å². The first kappa shape index (κ1) is 22.4. The zero-order valence-corrected chi connectivity index (χ0v) is 20.5. The molecule has 0 radical (unpaired) electrons. The molecule has 10 heteroatoms. The van der Waals surface area contributed by atoms with Gasteiger partial charge in [-0.1, -0.05) is 0 Å². The minimum atomic E-state index is -0.340. The van der Waals surface area contributed by atoms with Gasteiger partial charge in [0.1, 0.15) is 17.0 Å². The van der Waals surface area contributed by atoms with Gasteiger partial charge in [0.15, 0.2) is 11.6 Å². The molecule has 5 aromatic rings. The quantitative estimate of drug-likeness (QED) is 0.342. The highest BCUT2D eigenvalue weighted by molar-refractivity contribution is 5.97. The molecule has 1 aliphatic rings. The zero-order valence-electron chi connectivity index (χ0n) is 20.5. The number of aromatic amines is 2. The molecule has 0 aliphatic carbocycles. The Balaban J connectivity index is 1.42. The SMILES string of the molecule is CC(C)Nc1cncc(-c2cc3c(-c4nc5c(N6CCN(C)CC6)nccc5[nH]4)n[nH]c3cc2F)c1. The maximum atomic E-state index is 15.1. The molecule has 1 fully saturated rings. The molecule has 9 nitrogen and oxygen atoms in total. The normalized spacial score (nSPS) is 14.9. The van der Waals surface area contributed by atoms with Gasteiger partial charge in [-0.15, -0.1) is 0 Å². The number of nitrogens with one attached hydrogen (secondary N) is 3. The molecule has 4 aromatic heterocycles. The monoisotopic (exact) mass is 485 g/mol. The van der Waals surface area contributed by atoms with Crippen molar-refractivity contribution in [3.8, 4) is 22.6 Å². The van der Waals surface area contributed by atoms with Gasteiger partial charge in [-0.3, -0.25) is 10.1 Å². The maximum absolute atomic E-state index is 15.1. The molecule has 0 amide bonds. The van der Waals surface area contributed by atoms with Crippen LogP contribution in [0.15, 0.2) is 42.9 Å². The standard InChI is InChI=1S/C26H28FN9/c1-15(2)30-17-10-16(13-28-14-17)18-11-19-22(12-20(18)27)33-34-23(19)25-31-21-4-5-29-26(24(21)32-25)36-8-6-35(3)7-9-36/h4-5,10-15,30H,6-9H2,1-3H3,(H,31,32)(H,33,34). The first-order chi connectivity index (χ1) is 17.5. The molecule has 1 aliphatic heterocycles. The molecule has 0 atom stereocenters. The third kappa shape index (κ3) is 4.03. The van der Waals surface area contributed by atoms with Crippen LogP contribution in [0.2, 0.25) is 0 Å². The third-order valence-electron chi connectivity index (χ3n) is 6.56. The van der Waals surface area contributed by atoms with E-state index >= 15 is 4.39 Å². The highest BCUT2D eigenvalue weighted by Crippen LogP contribution is 2.34. The fraction of sp³-hybridized carbons (Fsp3) is 0.308. The summed E-state index contributed by atoms with van der Waals surface area (Å²) >= 11 is 0. The van der Waals surface area contributed by atoms with Crippen LogP contribution in [-0.2, 0) is 0 Å². The van der Waals surface area contributed by atoms with Gasteiger partial charge >= 0.3 is 0 Å². The molecule has 0 bridgehead atoms. The largest absolute Gasteiger partial charge is 0.382 e. The number of aromatic nitrogens is 6. The van der Waals surface area contributed by atoms with Crippen LogP contribution in [0.1, 0.15) is 13.8 Å². The summed E-state index contributed by atoms with van der Waals surface area (Å²) in [7, 11) is 2.13. The van der Waals surface area contributed by atoms with Crippen molar-refractivity contribution in [2.24, 2.45) is 0 Å². The van der Waals surface area contributed by atoms with Crippen LogP contribution in [0.5, 0.6) is 0 Å². The number of nitrogens with zero attached hydrogens (tertiary/aromatic N) is 6. The van der Waals surface area contributed by atoms with Crippen molar-refractivity contribution in [1.29, 1.82) is 0 Å². The number of fused-ring (bicyclic) bond motifs is 2. The van der Waals surface area contributed by atoms with Crippen molar-refractivity contribution >= 4 is 33.4 Å². The lowest BCUT2D eigenvalue weighted by atomic mass is 10.0. The summed E-state index contributed by atoms with van der Waals surface area (Å²) in [6.45, 7) is 7.87. The number of pyridine rings is 2. The van der Waals surface area contributed by atoms with Gasteiger partial charge in [0.05, 0.1) is 16.7 Å². The molecule has 0 spiro atoms. The summed E-state index contributed by atoms with van der Waals surface area (Å²) in [5, 5.41) is 11.6. The van der Waals surface area contributed by atoms with Gasteiger partial charge in [-0.2, -0.15) is 5.10 Å². The highest BCUT2D eigenvalue weighted by atomic mass is 19.1. The van der Waals surface area contributed by atoms with E-state index in [4.69, 9.17) is 4.98 Å². The van der Waals surface area contributed by atoms with E-state index in [0.717, 1.165) is 54.1 Å². The van der Waals surface area contributed by atoms with Crippen LogP contribution in [0.25, 0.3) is 44.6 Å². The number of likely N-dealkylation sites (N-methyl/N-ethyl adjacent to an activating group) is 1. The number of halogens is 1. The summed E-state index contributed by atoms with van der Waals surface area (Å²) < 4.78 is 15.1. The Kier molecular flexibility index (Phi) is 5.52. The van der Waals surface area contributed by atoms with Crippen LogP contribution in [0.4, 0.5) is 15.9 Å². The number of anilines is 2. The highest BCUT2D eigenvalue weighted by Gasteiger charge is 2.21. The molecule has 184 valence electrons. The molecular formula is C26H28FN9. The predicted molar refractivity (Wildman–Crippen MR) is 141 cm³/mol. The minimum absolute atomic E-state index is 0.244. The van der Waals surface area contributed by atoms with Gasteiger partial charge in [0.2, 0.25) is 0 Å². The molecule has 6 rings (SSSR count). The fourth-order valence-electron chi connectivity index (χ4n) is 4.72. The number of H-pyrrole nitrogens is 2. The van der Waals surface area contributed by atoms with Gasteiger partial charge in [-0.25, -0.2) is 14.4 Å². The number of benzene rings is 1. The molecule has 1 saturated heterocycles. The molecule has 3 N–H and O–H groups in total. The van der Waals surface area contributed by atoms with Crippen molar-refractivity contribution in [2.75, 3.05) is 43.4 Å². The van der Waals surface area contributed by atoms with Crippen LogP contribution >= 0.6 is 0 Å². The molecule has 1 aromatic carbocycles. The Bertz CT molecular complexity index is 1550. The number of hydrogen-bond donors (Lipinski definition) is 3. The summed E-state index contributed by atoms with van der Waals surface area (Å²) in [4.78, 5) is 21.8. The molecule has 0 unspecified atom stereocenters. The molecule has 5 heterocycles. The number of piperazine rings is 1. The van der Waals surface area contributed by atoms with E-state index in [1.165, 1.54) is 6.07 Å². The average Bonchev–Trinajstić information content (AvgIpc) is 3.47. The maximum Gasteiger partial charge on any atom is 0.159 e. The first-order valence-corrected chi connectivity index (χ1v) is 12.1. The van der Waals surface area contributed by atoms with Crippen LogP contribution in [0, 0.1) is 5.82 Å². The fourth-order valence-corrected chi connectivity index (χ4v) is 4.72. The smallest absolute Gasteiger partial charge is 0.159 e. The topological polar surface area (TPSA) is 102 Å². The minimum Gasteiger partial charge on any atom is -0.382 e. The Labute approximate surface area is 207 Å². The lowest BCUT2D eigenvalue weighted by molar-refractivity contribution is 0.312. The number of imidazole rings is 1. The van der Waals surface area contributed by atoms with Crippen molar-refractivity contribution in [2.45, 2.75) is 19.9 Å². The van der Waals surface area contributed by atoms with Crippen molar-refractivity contribution in [3.05, 3.63) is 48.7 Å². The van der Waals surface area contributed by atoms with E-state index in [0.29, 0.717) is 28.2 Å². The second-order valence-electron chi connectivity index (χ2n) is 9.62. The van der Waals surface area contributed by atoms with Gasteiger partial charge < -0.3 is 20.1 Å². The lowest BCUT2D eigenvalue weighted by Gasteiger charge is -2.33. The second-order valence-corrected chi connectivity index (χ2v) is 9.62. The Morgan fingerprint density at radius 3 is 2.69 bits per heavy atom. The van der Waals surface area contributed by atoms with Crippen molar-refractivity contribution in [1.82, 2.24) is 35.0 Å². The summed E-state index contributed by atoms with van der Waals surface area (Å²) in [5.74, 6) is 1.15. The summed E-state index contributed by atoms with van der Waals surface area (Å²) in [5.41, 5.74) is 4.94. The Hall–Kier alpha value is -4.05. The van der Waals surface area contributed by atoms with E-state index < -0.39 is 0 Å². The molecule has 0 saturated carbocycles. The zero-order chi connectivity index (χ0) is 24.8. The molecular weight excluding hydrogens is 457 g/mol. The van der Waals surface area contributed by atoms with E-state index in [9.17, 15) is 0 Å². The Morgan fingerprint density at radius 2 is 1.89 bits per heavy atom. The Morgan fingerprint density at radius 1 is 1.06 bits per heavy atom. The summed E-state index contributed by atoms with van der Waals surface area (Å²) in [6.07, 6.45) is 5.22. The van der Waals surface area contributed by atoms with Gasteiger partial charge in [-0.05, 0) is 39.1 Å². The lowest BCUT2D eigenvalue weighted by Crippen LogP contribution is -2.44. The number of hydrogen-bond acceptors (Lipinski definition) is 7. The summed E-state index contributed by atoms with van der Waals surface area (Å²) in [6, 6.07) is 7.36. The predicted octanol–water partition coefficient (Wildman–Crippen LogP) is 4.27. The number of rotatable bonds is 5.